The van der Waals surface area contributed by atoms with Crippen LogP contribution in [0.1, 0.15) is 52.7 Å². The van der Waals surface area contributed by atoms with Gasteiger partial charge in [0.1, 0.15) is 11.5 Å². The first-order chi connectivity index (χ1) is 11.4. The van der Waals surface area contributed by atoms with E-state index in [4.69, 9.17) is 9.05 Å². The van der Waals surface area contributed by atoms with Crippen LogP contribution in [0.5, 0.6) is 11.5 Å². The van der Waals surface area contributed by atoms with Crippen molar-refractivity contribution in [2.45, 2.75) is 52.4 Å². The molecule has 0 unspecified atom stereocenters. The van der Waals surface area contributed by atoms with Crippen LogP contribution in [-0.4, -0.2) is 34.5 Å². The molecule has 0 atom stereocenters. The molecule has 1 N–H and O–H groups in total. The molecule has 0 amide bonds. The van der Waals surface area contributed by atoms with Gasteiger partial charge < -0.3 is 9.05 Å². The summed E-state index contributed by atoms with van der Waals surface area (Å²) in [5, 5.41) is 0. The maximum atomic E-state index is 12.2. The van der Waals surface area contributed by atoms with Crippen LogP contribution < -0.4 is 9.05 Å². The molecule has 0 spiro atoms. The summed E-state index contributed by atoms with van der Waals surface area (Å²) in [5.74, 6) is 0.593. The summed E-state index contributed by atoms with van der Waals surface area (Å²) in [7, 11) is -4.25. The molecule has 0 aliphatic carbocycles. The SMILES string of the molecule is CC(C)(C)c1ccc(OP(=O)(O)Oc2ccc(C(C)(C)C)cc2)cc1.[NaH]. The van der Waals surface area contributed by atoms with Crippen LogP contribution >= 0.6 is 7.82 Å². The molecular weight excluding hydrogens is 358 g/mol. The number of phosphoric acid groups is 1. The van der Waals surface area contributed by atoms with Gasteiger partial charge in [-0.3, -0.25) is 4.89 Å². The van der Waals surface area contributed by atoms with Gasteiger partial charge in [0.25, 0.3) is 0 Å². The molecule has 0 aromatic heterocycles. The van der Waals surface area contributed by atoms with Crippen molar-refractivity contribution in [3.63, 3.8) is 0 Å². The van der Waals surface area contributed by atoms with Gasteiger partial charge in [0.15, 0.2) is 0 Å². The Morgan fingerprint density at radius 2 is 0.962 bits per heavy atom. The summed E-state index contributed by atoms with van der Waals surface area (Å²) in [6, 6.07) is 14.2. The molecule has 138 valence electrons. The predicted molar refractivity (Wildman–Crippen MR) is 109 cm³/mol. The minimum atomic E-state index is -4.25. The van der Waals surface area contributed by atoms with Gasteiger partial charge in [-0.2, -0.15) is 0 Å². The molecule has 0 saturated carbocycles. The number of hydrogen-bond acceptors (Lipinski definition) is 3. The van der Waals surface area contributed by atoms with Gasteiger partial charge in [0, 0.05) is 0 Å². The first-order valence-electron chi connectivity index (χ1n) is 8.30. The Hall–Kier alpha value is -0.770. The molecular formula is C20H28NaO4P. The van der Waals surface area contributed by atoms with Crippen molar-refractivity contribution >= 4 is 37.4 Å². The molecule has 0 bridgehead atoms. The minimum absolute atomic E-state index is 0. The fourth-order valence-corrected chi connectivity index (χ4v) is 3.13. The van der Waals surface area contributed by atoms with Crippen LogP contribution in [0.15, 0.2) is 48.5 Å². The van der Waals surface area contributed by atoms with E-state index in [-0.39, 0.29) is 40.4 Å². The van der Waals surface area contributed by atoms with Crippen LogP contribution in [0.3, 0.4) is 0 Å². The standard InChI is InChI=1S/C20H27O4P.Na.H/c1-19(2,3)15-7-11-17(12-8-15)23-25(21,22)24-18-13-9-16(10-14-18)20(4,5)6;;/h7-14H,1-6H3,(H,21,22);;. The molecule has 26 heavy (non-hydrogen) atoms. The molecule has 2 aromatic carbocycles. The molecule has 2 aromatic rings. The Labute approximate surface area is 178 Å². The third-order valence-electron chi connectivity index (χ3n) is 3.88. The van der Waals surface area contributed by atoms with E-state index in [1.54, 1.807) is 24.3 Å². The molecule has 4 nitrogen and oxygen atoms in total. The Morgan fingerprint density at radius 1 is 0.692 bits per heavy atom. The van der Waals surface area contributed by atoms with E-state index < -0.39 is 7.82 Å². The fourth-order valence-electron chi connectivity index (χ4n) is 2.32. The van der Waals surface area contributed by atoms with Crippen LogP contribution in [-0.2, 0) is 15.4 Å². The first kappa shape index (κ1) is 23.3. The summed E-state index contributed by atoms with van der Waals surface area (Å²) >= 11 is 0. The third-order valence-corrected chi connectivity index (χ3v) is 4.77. The predicted octanol–water partition coefficient (Wildman–Crippen LogP) is 5.19. The Bertz CT molecular complexity index is 693. The van der Waals surface area contributed by atoms with Gasteiger partial charge in [-0.25, -0.2) is 4.57 Å². The van der Waals surface area contributed by atoms with E-state index in [1.807, 2.05) is 24.3 Å². The molecule has 0 radical (unpaired) electrons. The van der Waals surface area contributed by atoms with Crippen molar-refractivity contribution in [3.8, 4) is 11.5 Å². The van der Waals surface area contributed by atoms with Gasteiger partial charge in [0.2, 0.25) is 0 Å². The number of rotatable bonds is 4. The average molecular weight is 386 g/mol. The second kappa shape index (κ2) is 8.50. The Morgan fingerprint density at radius 3 is 1.19 bits per heavy atom. The van der Waals surface area contributed by atoms with Gasteiger partial charge in [0.05, 0.1) is 0 Å². The monoisotopic (exact) mass is 386 g/mol. The second-order valence-electron chi connectivity index (χ2n) is 8.20. The second-order valence-corrected chi connectivity index (χ2v) is 9.50. The summed E-state index contributed by atoms with van der Waals surface area (Å²) in [5.41, 5.74) is 2.25. The zero-order valence-corrected chi connectivity index (χ0v) is 16.6. The van der Waals surface area contributed by atoms with Gasteiger partial charge in [-0.05, 0) is 46.2 Å². The van der Waals surface area contributed by atoms with E-state index in [0.717, 1.165) is 11.1 Å². The molecule has 0 aliphatic rings. The van der Waals surface area contributed by atoms with Gasteiger partial charge >= 0.3 is 37.4 Å². The maximum absolute atomic E-state index is 12.2. The number of phosphoric ester groups is 1. The van der Waals surface area contributed by atoms with Crippen molar-refractivity contribution in [1.82, 2.24) is 0 Å². The van der Waals surface area contributed by atoms with E-state index >= 15 is 0 Å². The van der Waals surface area contributed by atoms with Crippen LogP contribution in [0.2, 0.25) is 0 Å². The topological polar surface area (TPSA) is 55.8 Å². The zero-order valence-electron chi connectivity index (χ0n) is 15.7. The molecule has 2 rings (SSSR count). The molecule has 0 aliphatic heterocycles. The van der Waals surface area contributed by atoms with Gasteiger partial charge in [-0.15, -0.1) is 0 Å². The molecule has 6 heteroatoms. The zero-order chi connectivity index (χ0) is 18.9. The van der Waals surface area contributed by atoms with E-state index in [2.05, 4.69) is 41.5 Å². The van der Waals surface area contributed by atoms with E-state index in [9.17, 15) is 9.46 Å². The Balaban J connectivity index is 0.00000338. The Kier molecular flexibility index (Phi) is 7.60. The number of benzene rings is 2. The summed E-state index contributed by atoms with van der Waals surface area (Å²) in [6.07, 6.45) is 0. The molecule has 0 fully saturated rings. The van der Waals surface area contributed by atoms with Gasteiger partial charge in [-0.1, -0.05) is 65.8 Å². The van der Waals surface area contributed by atoms with Crippen molar-refractivity contribution in [1.29, 1.82) is 0 Å². The van der Waals surface area contributed by atoms with Crippen LogP contribution in [0.25, 0.3) is 0 Å². The average Bonchev–Trinajstić information content (AvgIpc) is 2.45. The van der Waals surface area contributed by atoms with Crippen LogP contribution in [0, 0.1) is 0 Å². The molecule has 0 heterocycles. The van der Waals surface area contributed by atoms with Crippen molar-refractivity contribution in [3.05, 3.63) is 59.7 Å². The third kappa shape index (κ3) is 6.75. The van der Waals surface area contributed by atoms with Crippen molar-refractivity contribution in [2.24, 2.45) is 0 Å². The van der Waals surface area contributed by atoms with Crippen LogP contribution in [0.4, 0.5) is 0 Å². The normalized spacial score (nSPS) is 12.3. The molecule has 0 saturated heterocycles. The fraction of sp³-hybridized carbons (Fsp3) is 0.400. The van der Waals surface area contributed by atoms with E-state index in [1.165, 1.54) is 0 Å². The van der Waals surface area contributed by atoms with E-state index in [0.29, 0.717) is 11.5 Å². The van der Waals surface area contributed by atoms with Crippen molar-refractivity contribution < 1.29 is 18.5 Å². The summed E-state index contributed by atoms with van der Waals surface area (Å²) in [6.45, 7) is 12.6. The van der Waals surface area contributed by atoms with Crippen molar-refractivity contribution in [2.75, 3.05) is 0 Å². The summed E-state index contributed by atoms with van der Waals surface area (Å²) < 4.78 is 22.5. The number of hydrogen-bond donors (Lipinski definition) is 1. The first-order valence-corrected chi connectivity index (χ1v) is 9.79. The quantitative estimate of drug-likeness (QED) is 0.580. The summed E-state index contributed by atoms with van der Waals surface area (Å²) in [4.78, 5) is 9.99.